The molecule has 6 heteroatoms. The third kappa shape index (κ3) is 4.70. The van der Waals surface area contributed by atoms with E-state index >= 15 is 0 Å². The normalized spacial score (nSPS) is 10.6. The molecule has 3 aromatic carbocycles. The molecular weight excluding hydrogens is 394 g/mol. The summed E-state index contributed by atoms with van der Waals surface area (Å²) >= 11 is 0. The van der Waals surface area contributed by atoms with Crippen LogP contribution in [0.1, 0.15) is 31.8 Å². The Kier molecular flexibility index (Phi) is 5.62. The Morgan fingerprint density at radius 3 is 2.52 bits per heavy atom. The van der Waals surface area contributed by atoms with Crippen molar-refractivity contribution in [3.63, 3.8) is 0 Å². The van der Waals surface area contributed by atoms with Crippen molar-refractivity contribution in [1.82, 2.24) is 5.32 Å². The molecule has 0 saturated carbocycles. The maximum absolute atomic E-state index is 12.4. The summed E-state index contributed by atoms with van der Waals surface area (Å²) < 4.78 is 10.7. The van der Waals surface area contributed by atoms with Gasteiger partial charge in [0, 0.05) is 18.0 Å². The average molecular weight is 413 g/mol. The maximum Gasteiger partial charge on any atom is 0.349 e. The largest absolute Gasteiger partial charge is 0.423 e. The smallest absolute Gasteiger partial charge is 0.349 e. The van der Waals surface area contributed by atoms with Crippen molar-refractivity contribution in [2.45, 2.75) is 13.5 Å². The third-order valence-corrected chi connectivity index (χ3v) is 4.71. The fourth-order valence-corrected chi connectivity index (χ4v) is 3.12. The first-order chi connectivity index (χ1) is 15.0. The first-order valence-corrected chi connectivity index (χ1v) is 9.68. The molecule has 31 heavy (non-hydrogen) atoms. The minimum Gasteiger partial charge on any atom is -0.423 e. The molecule has 1 aromatic heterocycles. The summed E-state index contributed by atoms with van der Waals surface area (Å²) in [5.41, 5.74) is 1.65. The molecule has 0 aliphatic heterocycles. The number of fused-ring (bicyclic) bond motifs is 1. The number of esters is 1. The average Bonchev–Trinajstić information content (AvgIpc) is 2.77. The summed E-state index contributed by atoms with van der Waals surface area (Å²) in [6, 6.07) is 22.6. The number of ether oxygens (including phenoxy) is 1. The van der Waals surface area contributed by atoms with Crippen LogP contribution in [0.25, 0.3) is 11.0 Å². The van der Waals surface area contributed by atoms with Crippen LogP contribution in [0.5, 0.6) is 5.75 Å². The standard InChI is InChI=1S/C25H19NO5/c1-16-6-5-9-19(12-16)24(28)30-20-11-10-18-13-21(25(29)31-22(18)14-20)23(27)26-15-17-7-3-2-4-8-17/h2-14H,15H2,1H3,(H,26,27). The predicted octanol–water partition coefficient (Wildman–Crippen LogP) is 4.25. The summed E-state index contributed by atoms with van der Waals surface area (Å²) in [4.78, 5) is 37.1. The fourth-order valence-electron chi connectivity index (χ4n) is 3.12. The Hall–Kier alpha value is -4.19. The van der Waals surface area contributed by atoms with E-state index in [1.165, 1.54) is 12.1 Å². The fraction of sp³-hybridized carbons (Fsp3) is 0.0800. The minimum absolute atomic E-state index is 0.0899. The van der Waals surface area contributed by atoms with Crippen molar-refractivity contribution < 1.29 is 18.7 Å². The van der Waals surface area contributed by atoms with Gasteiger partial charge >= 0.3 is 11.6 Å². The van der Waals surface area contributed by atoms with Crippen molar-refractivity contribution in [3.05, 3.63) is 112 Å². The number of hydrogen-bond donors (Lipinski definition) is 1. The highest BCUT2D eigenvalue weighted by Gasteiger charge is 2.15. The Morgan fingerprint density at radius 1 is 0.935 bits per heavy atom. The zero-order valence-electron chi connectivity index (χ0n) is 16.8. The lowest BCUT2D eigenvalue weighted by Gasteiger charge is -2.07. The summed E-state index contributed by atoms with van der Waals surface area (Å²) in [5.74, 6) is -0.791. The number of aryl methyl sites for hydroxylation is 1. The van der Waals surface area contributed by atoms with Crippen LogP contribution in [0.4, 0.5) is 0 Å². The second-order valence-electron chi connectivity index (χ2n) is 7.07. The lowest BCUT2D eigenvalue weighted by atomic mass is 10.1. The van der Waals surface area contributed by atoms with Gasteiger partial charge in [0.25, 0.3) is 5.91 Å². The molecule has 6 nitrogen and oxygen atoms in total. The van der Waals surface area contributed by atoms with Crippen LogP contribution in [0, 0.1) is 6.92 Å². The maximum atomic E-state index is 12.4. The number of nitrogens with one attached hydrogen (secondary N) is 1. The van der Waals surface area contributed by atoms with Crippen molar-refractivity contribution in [1.29, 1.82) is 0 Å². The first kappa shape index (κ1) is 20.1. The van der Waals surface area contributed by atoms with Gasteiger partial charge in [-0.15, -0.1) is 0 Å². The SMILES string of the molecule is Cc1cccc(C(=O)Oc2ccc3cc(C(=O)NCc4ccccc4)c(=O)oc3c2)c1. The van der Waals surface area contributed by atoms with E-state index < -0.39 is 17.5 Å². The molecule has 4 rings (SSSR count). The monoisotopic (exact) mass is 413 g/mol. The van der Waals surface area contributed by atoms with E-state index in [0.29, 0.717) is 17.5 Å². The highest BCUT2D eigenvalue weighted by molar-refractivity contribution is 5.97. The van der Waals surface area contributed by atoms with Gasteiger partial charge in [0.15, 0.2) is 0 Å². The van der Waals surface area contributed by atoms with E-state index in [1.807, 2.05) is 43.3 Å². The van der Waals surface area contributed by atoms with E-state index in [9.17, 15) is 14.4 Å². The number of amides is 1. The number of carbonyl (C=O) groups excluding carboxylic acids is 2. The molecule has 154 valence electrons. The van der Waals surface area contributed by atoms with Gasteiger partial charge in [-0.05, 0) is 42.8 Å². The van der Waals surface area contributed by atoms with Crippen LogP contribution in [-0.2, 0) is 6.54 Å². The molecule has 0 spiro atoms. The van der Waals surface area contributed by atoms with Crippen LogP contribution in [0.15, 0.2) is 88.1 Å². The van der Waals surface area contributed by atoms with Crippen LogP contribution < -0.4 is 15.7 Å². The summed E-state index contributed by atoms with van der Waals surface area (Å²) in [5, 5.41) is 3.25. The zero-order valence-corrected chi connectivity index (χ0v) is 16.8. The quantitative estimate of drug-likeness (QED) is 0.300. The van der Waals surface area contributed by atoms with Gasteiger partial charge in [-0.1, -0.05) is 48.0 Å². The number of benzene rings is 3. The highest BCUT2D eigenvalue weighted by atomic mass is 16.5. The van der Waals surface area contributed by atoms with Crippen molar-refractivity contribution in [2.24, 2.45) is 0 Å². The molecule has 0 fully saturated rings. The predicted molar refractivity (Wildman–Crippen MR) is 116 cm³/mol. The molecule has 1 N–H and O–H groups in total. The molecule has 0 aliphatic carbocycles. The molecule has 4 aromatic rings. The third-order valence-electron chi connectivity index (χ3n) is 4.71. The number of rotatable bonds is 5. The molecule has 0 bridgehead atoms. The van der Waals surface area contributed by atoms with Crippen molar-refractivity contribution >= 4 is 22.8 Å². The summed E-state index contributed by atoms with van der Waals surface area (Å²) in [7, 11) is 0. The Balaban J connectivity index is 1.52. The number of hydrogen-bond acceptors (Lipinski definition) is 5. The molecule has 0 unspecified atom stereocenters. The van der Waals surface area contributed by atoms with Gasteiger partial charge < -0.3 is 14.5 Å². The minimum atomic E-state index is -0.764. The van der Waals surface area contributed by atoms with E-state index in [0.717, 1.165) is 11.1 Å². The molecule has 0 atom stereocenters. The van der Waals surface area contributed by atoms with Gasteiger partial charge in [0.2, 0.25) is 0 Å². The first-order valence-electron chi connectivity index (χ1n) is 9.68. The van der Waals surface area contributed by atoms with Crippen molar-refractivity contribution in [2.75, 3.05) is 0 Å². The molecule has 0 aliphatic rings. The van der Waals surface area contributed by atoms with Crippen LogP contribution >= 0.6 is 0 Å². The Labute approximate surface area is 178 Å². The Morgan fingerprint density at radius 2 is 1.74 bits per heavy atom. The van der Waals surface area contributed by atoms with Crippen LogP contribution in [0.2, 0.25) is 0 Å². The number of carbonyl (C=O) groups is 2. The van der Waals surface area contributed by atoms with Crippen molar-refractivity contribution in [3.8, 4) is 5.75 Å². The Bertz CT molecular complexity index is 1320. The lowest BCUT2D eigenvalue weighted by Crippen LogP contribution is -2.27. The van der Waals surface area contributed by atoms with Gasteiger partial charge in [-0.3, -0.25) is 4.79 Å². The molecule has 0 radical (unpaired) electrons. The van der Waals surface area contributed by atoms with Gasteiger partial charge in [0.1, 0.15) is 16.9 Å². The molecular formula is C25H19NO5. The van der Waals surface area contributed by atoms with E-state index in [2.05, 4.69) is 5.32 Å². The molecule has 1 amide bonds. The summed E-state index contributed by atoms with van der Waals surface area (Å²) in [6.07, 6.45) is 0. The van der Waals surface area contributed by atoms with E-state index in [1.54, 1.807) is 30.3 Å². The van der Waals surface area contributed by atoms with Gasteiger partial charge in [0.05, 0.1) is 5.56 Å². The molecule has 0 saturated heterocycles. The zero-order chi connectivity index (χ0) is 21.8. The highest BCUT2D eigenvalue weighted by Crippen LogP contribution is 2.22. The topological polar surface area (TPSA) is 85.6 Å². The second kappa shape index (κ2) is 8.67. The van der Waals surface area contributed by atoms with E-state index in [4.69, 9.17) is 9.15 Å². The second-order valence-corrected chi connectivity index (χ2v) is 7.07. The van der Waals surface area contributed by atoms with Crippen LogP contribution in [-0.4, -0.2) is 11.9 Å². The lowest BCUT2D eigenvalue weighted by molar-refractivity contribution is 0.0734. The van der Waals surface area contributed by atoms with Gasteiger partial charge in [-0.25, -0.2) is 9.59 Å². The van der Waals surface area contributed by atoms with Crippen LogP contribution in [0.3, 0.4) is 0 Å². The summed E-state index contributed by atoms with van der Waals surface area (Å²) in [6.45, 7) is 2.18. The molecule has 1 heterocycles. The van der Waals surface area contributed by atoms with E-state index in [-0.39, 0.29) is 16.9 Å². The van der Waals surface area contributed by atoms with Gasteiger partial charge in [-0.2, -0.15) is 0 Å².